The van der Waals surface area contributed by atoms with E-state index in [0.717, 1.165) is 50.9 Å². The van der Waals surface area contributed by atoms with Crippen LogP contribution in [0.5, 0.6) is 0 Å². The molecule has 2 aliphatic carbocycles. The Hall–Kier alpha value is -0.550. The van der Waals surface area contributed by atoms with Crippen molar-refractivity contribution in [2.24, 2.45) is 16.7 Å². The van der Waals surface area contributed by atoms with Gasteiger partial charge in [-0.15, -0.1) is 0 Å². The van der Waals surface area contributed by atoms with Gasteiger partial charge in [-0.2, -0.15) is 5.26 Å². The summed E-state index contributed by atoms with van der Waals surface area (Å²) in [7, 11) is 0. The van der Waals surface area contributed by atoms with E-state index in [9.17, 15) is 10.4 Å². The van der Waals surface area contributed by atoms with Crippen molar-refractivity contribution in [3.63, 3.8) is 0 Å². The Bertz CT molecular complexity index is 333. The van der Waals surface area contributed by atoms with Gasteiger partial charge in [0.05, 0.1) is 17.1 Å². The van der Waals surface area contributed by atoms with Crippen molar-refractivity contribution < 1.29 is 5.11 Å². The van der Waals surface area contributed by atoms with Crippen LogP contribution >= 0.6 is 0 Å². The van der Waals surface area contributed by atoms with Crippen LogP contribution in [0.15, 0.2) is 0 Å². The van der Waals surface area contributed by atoms with E-state index >= 15 is 0 Å². The molecule has 2 nitrogen and oxygen atoms in total. The lowest BCUT2D eigenvalue weighted by molar-refractivity contribution is -0.0778. The molecule has 0 aromatic rings. The second-order valence-corrected chi connectivity index (χ2v) is 7.25. The third-order valence-electron chi connectivity index (χ3n) is 5.22. The Kier molecular flexibility index (Phi) is 3.02. The van der Waals surface area contributed by atoms with E-state index < -0.39 is 11.0 Å². The molecule has 0 aliphatic heterocycles. The highest BCUT2D eigenvalue weighted by molar-refractivity contribution is 5.16. The molecule has 2 rings (SSSR count). The molecule has 17 heavy (non-hydrogen) atoms. The van der Waals surface area contributed by atoms with Gasteiger partial charge >= 0.3 is 0 Å². The van der Waals surface area contributed by atoms with Crippen LogP contribution in [0.3, 0.4) is 0 Å². The van der Waals surface area contributed by atoms with Crippen LogP contribution in [-0.2, 0) is 0 Å². The van der Waals surface area contributed by atoms with E-state index in [4.69, 9.17) is 0 Å². The Labute approximate surface area is 105 Å². The van der Waals surface area contributed by atoms with Crippen LogP contribution in [-0.4, -0.2) is 10.7 Å². The molecule has 2 fully saturated rings. The van der Waals surface area contributed by atoms with Crippen LogP contribution in [0.2, 0.25) is 0 Å². The molecule has 0 spiro atoms. The molecule has 0 aromatic carbocycles. The number of hydrogen-bond acceptors (Lipinski definition) is 2. The van der Waals surface area contributed by atoms with Gasteiger partial charge in [0.2, 0.25) is 0 Å². The van der Waals surface area contributed by atoms with E-state index in [1.807, 2.05) is 0 Å². The van der Waals surface area contributed by atoms with Gasteiger partial charge in [-0.1, -0.05) is 20.8 Å². The predicted octanol–water partition coefficient (Wildman–Crippen LogP) is 3.65. The zero-order valence-electron chi connectivity index (χ0n) is 11.4. The summed E-state index contributed by atoms with van der Waals surface area (Å²) in [4.78, 5) is 0. The van der Waals surface area contributed by atoms with Crippen molar-refractivity contribution in [1.29, 1.82) is 5.26 Å². The fraction of sp³-hybridized carbons (Fsp3) is 0.933. The molecule has 0 heterocycles. The molecule has 0 bridgehead atoms. The molecule has 1 N–H and O–H groups in total. The van der Waals surface area contributed by atoms with E-state index in [-0.39, 0.29) is 5.41 Å². The summed E-state index contributed by atoms with van der Waals surface area (Å²) in [5.74, 6) is 0.717. The summed E-state index contributed by atoms with van der Waals surface area (Å²) in [6.45, 7) is 6.67. The summed E-state index contributed by atoms with van der Waals surface area (Å²) in [5, 5.41) is 20.6. The van der Waals surface area contributed by atoms with Gasteiger partial charge in [0, 0.05) is 0 Å². The third-order valence-corrected chi connectivity index (χ3v) is 5.22. The first kappa shape index (κ1) is 12.9. The molecule has 2 saturated carbocycles. The standard InChI is InChI=1S/C15H25NO/c1-12-4-6-14(11-16,7-5-12)15(17)9-8-13(2,3)10-15/h12,17H,4-10H2,1-3H3. The summed E-state index contributed by atoms with van der Waals surface area (Å²) < 4.78 is 0. The highest BCUT2D eigenvalue weighted by atomic mass is 16.3. The number of nitrogens with zero attached hydrogens (tertiary/aromatic N) is 1. The van der Waals surface area contributed by atoms with Gasteiger partial charge in [0.1, 0.15) is 0 Å². The predicted molar refractivity (Wildman–Crippen MR) is 68.3 cm³/mol. The SMILES string of the molecule is CC1CCC(C#N)(C2(O)CCC(C)(C)C2)CC1. The number of hydrogen-bond donors (Lipinski definition) is 1. The highest BCUT2D eigenvalue weighted by Crippen LogP contribution is 2.56. The van der Waals surface area contributed by atoms with Crippen molar-refractivity contribution in [3.05, 3.63) is 0 Å². The largest absolute Gasteiger partial charge is 0.388 e. The summed E-state index contributed by atoms with van der Waals surface area (Å²) >= 11 is 0. The fourth-order valence-electron chi connectivity index (χ4n) is 3.86. The lowest BCUT2D eigenvalue weighted by Gasteiger charge is -2.45. The van der Waals surface area contributed by atoms with Gasteiger partial charge in [-0.3, -0.25) is 0 Å². The van der Waals surface area contributed by atoms with Crippen molar-refractivity contribution in [1.82, 2.24) is 0 Å². The minimum absolute atomic E-state index is 0.196. The first-order chi connectivity index (χ1) is 7.83. The van der Waals surface area contributed by atoms with Gasteiger partial charge in [0.25, 0.3) is 0 Å². The zero-order chi connectivity index (χ0) is 12.7. The van der Waals surface area contributed by atoms with Crippen molar-refractivity contribution in [2.45, 2.75) is 71.3 Å². The fourth-order valence-corrected chi connectivity index (χ4v) is 3.86. The lowest BCUT2D eigenvalue weighted by atomic mass is 9.61. The first-order valence-corrected chi connectivity index (χ1v) is 6.96. The summed E-state index contributed by atoms with van der Waals surface area (Å²) in [6.07, 6.45) is 6.60. The normalized spacial score (nSPS) is 45.5. The van der Waals surface area contributed by atoms with Crippen molar-refractivity contribution in [3.8, 4) is 6.07 Å². The van der Waals surface area contributed by atoms with Gasteiger partial charge < -0.3 is 5.11 Å². The lowest BCUT2D eigenvalue weighted by Crippen LogP contribution is -2.48. The maximum absolute atomic E-state index is 11.0. The number of rotatable bonds is 1. The minimum atomic E-state index is -0.731. The zero-order valence-corrected chi connectivity index (χ0v) is 11.4. The quantitative estimate of drug-likeness (QED) is 0.754. The number of aliphatic hydroxyl groups is 1. The average Bonchev–Trinajstić information content (AvgIpc) is 2.56. The van der Waals surface area contributed by atoms with Crippen LogP contribution in [0.1, 0.15) is 65.7 Å². The molecule has 1 unspecified atom stereocenters. The maximum atomic E-state index is 11.0. The Morgan fingerprint density at radius 1 is 1.12 bits per heavy atom. The summed E-state index contributed by atoms with van der Waals surface area (Å²) in [5.41, 5.74) is -1.000. The van der Waals surface area contributed by atoms with Crippen LogP contribution in [0.4, 0.5) is 0 Å². The smallest absolute Gasteiger partial charge is 0.0860 e. The maximum Gasteiger partial charge on any atom is 0.0860 e. The topological polar surface area (TPSA) is 44.0 Å². The average molecular weight is 235 g/mol. The molecule has 1 atom stereocenters. The van der Waals surface area contributed by atoms with E-state index in [1.165, 1.54) is 0 Å². The van der Waals surface area contributed by atoms with Crippen LogP contribution < -0.4 is 0 Å². The molecule has 96 valence electrons. The Balaban J connectivity index is 2.22. The molecule has 0 radical (unpaired) electrons. The van der Waals surface area contributed by atoms with Crippen LogP contribution in [0.25, 0.3) is 0 Å². The van der Waals surface area contributed by atoms with E-state index in [0.29, 0.717) is 0 Å². The minimum Gasteiger partial charge on any atom is -0.388 e. The van der Waals surface area contributed by atoms with Crippen molar-refractivity contribution >= 4 is 0 Å². The second kappa shape index (κ2) is 3.99. The molecular formula is C15H25NO. The third kappa shape index (κ3) is 2.10. The highest BCUT2D eigenvalue weighted by Gasteiger charge is 2.56. The monoisotopic (exact) mass is 235 g/mol. The van der Waals surface area contributed by atoms with E-state index in [2.05, 4.69) is 26.8 Å². The van der Waals surface area contributed by atoms with Crippen molar-refractivity contribution in [2.75, 3.05) is 0 Å². The van der Waals surface area contributed by atoms with Gasteiger partial charge in [-0.05, 0) is 56.3 Å². The van der Waals surface area contributed by atoms with Gasteiger partial charge in [-0.25, -0.2) is 0 Å². The summed E-state index contributed by atoms with van der Waals surface area (Å²) in [6, 6.07) is 2.51. The van der Waals surface area contributed by atoms with E-state index in [1.54, 1.807) is 0 Å². The number of nitriles is 1. The second-order valence-electron chi connectivity index (χ2n) is 7.25. The van der Waals surface area contributed by atoms with Crippen LogP contribution in [0, 0.1) is 28.1 Å². The molecule has 2 heteroatoms. The molecular weight excluding hydrogens is 210 g/mol. The first-order valence-electron chi connectivity index (χ1n) is 6.96. The van der Waals surface area contributed by atoms with Gasteiger partial charge in [0.15, 0.2) is 0 Å². The Morgan fingerprint density at radius 2 is 1.71 bits per heavy atom. The molecule has 0 saturated heterocycles. The molecule has 0 amide bonds. The molecule has 2 aliphatic rings. The Morgan fingerprint density at radius 3 is 2.12 bits per heavy atom. The molecule has 0 aromatic heterocycles.